The van der Waals surface area contributed by atoms with Gasteiger partial charge in [0, 0.05) is 38.3 Å². The van der Waals surface area contributed by atoms with Gasteiger partial charge in [0.2, 0.25) is 0 Å². The average Bonchev–Trinajstić information content (AvgIpc) is 3.21. The molecular formula is C22H23N3OS. The molecule has 0 unspecified atom stereocenters. The van der Waals surface area contributed by atoms with Crippen molar-refractivity contribution in [2.24, 2.45) is 0 Å². The van der Waals surface area contributed by atoms with Gasteiger partial charge in [-0.25, -0.2) is 4.98 Å². The number of aryl methyl sites for hydroxylation is 1. The Morgan fingerprint density at radius 1 is 1.00 bits per heavy atom. The van der Waals surface area contributed by atoms with Crippen LogP contribution in [-0.2, 0) is 6.54 Å². The van der Waals surface area contributed by atoms with Crippen LogP contribution in [0.2, 0.25) is 0 Å². The lowest BCUT2D eigenvalue weighted by Gasteiger charge is -2.34. The van der Waals surface area contributed by atoms with Crippen LogP contribution in [0.1, 0.15) is 20.8 Å². The first kappa shape index (κ1) is 17.9. The van der Waals surface area contributed by atoms with Gasteiger partial charge in [0.25, 0.3) is 5.91 Å². The van der Waals surface area contributed by atoms with Crippen molar-refractivity contribution < 1.29 is 4.79 Å². The lowest BCUT2D eigenvalue weighted by molar-refractivity contribution is 0.0632. The molecule has 1 aromatic heterocycles. The number of hydrogen-bond acceptors (Lipinski definition) is 4. The number of nitrogens with zero attached hydrogens (tertiary/aromatic N) is 3. The van der Waals surface area contributed by atoms with E-state index in [1.807, 2.05) is 35.2 Å². The van der Waals surface area contributed by atoms with Crippen LogP contribution in [0.25, 0.3) is 10.6 Å². The van der Waals surface area contributed by atoms with E-state index in [0.717, 1.165) is 48.2 Å². The van der Waals surface area contributed by atoms with E-state index in [0.29, 0.717) is 0 Å². The van der Waals surface area contributed by atoms with Gasteiger partial charge < -0.3 is 4.90 Å². The molecule has 2 heterocycles. The van der Waals surface area contributed by atoms with Crippen LogP contribution in [0.5, 0.6) is 0 Å². The maximum absolute atomic E-state index is 12.8. The first-order chi connectivity index (χ1) is 13.2. The van der Waals surface area contributed by atoms with Crippen molar-refractivity contribution in [1.29, 1.82) is 0 Å². The highest BCUT2D eigenvalue weighted by atomic mass is 32.1. The van der Waals surface area contributed by atoms with Gasteiger partial charge in [0.15, 0.2) is 0 Å². The van der Waals surface area contributed by atoms with Crippen LogP contribution in [-0.4, -0.2) is 46.9 Å². The molecule has 0 bridgehead atoms. The van der Waals surface area contributed by atoms with E-state index in [1.165, 1.54) is 22.5 Å². The minimum atomic E-state index is 0.102. The fourth-order valence-corrected chi connectivity index (χ4v) is 4.27. The zero-order valence-corrected chi connectivity index (χ0v) is 16.3. The molecule has 1 aliphatic rings. The normalized spacial score (nSPS) is 15.1. The van der Waals surface area contributed by atoms with Crippen molar-refractivity contribution in [2.45, 2.75) is 13.5 Å². The number of aromatic nitrogens is 1. The molecule has 1 fully saturated rings. The summed E-state index contributed by atoms with van der Waals surface area (Å²) in [5.74, 6) is 0.102. The van der Waals surface area contributed by atoms with Crippen LogP contribution in [0.15, 0.2) is 60.8 Å². The van der Waals surface area contributed by atoms with E-state index < -0.39 is 0 Å². The van der Waals surface area contributed by atoms with Crippen molar-refractivity contribution in [3.63, 3.8) is 0 Å². The van der Waals surface area contributed by atoms with E-state index in [4.69, 9.17) is 0 Å². The fraction of sp³-hybridized carbons (Fsp3) is 0.273. The van der Waals surface area contributed by atoms with Gasteiger partial charge in [-0.05, 0) is 18.1 Å². The quantitative estimate of drug-likeness (QED) is 0.687. The summed E-state index contributed by atoms with van der Waals surface area (Å²) in [6.07, 6.45) is 1.72. The first-order valence-electron chi connectivity index (χ1n) is 9.28. The number of benzene rings is 2. The van der Waals surface area contributed by atoms with Gasteiger partial charge in [0.1, 0.15) is 9.88 Å². The van der Waals surface area contributed by atoms with Crippen LogP contribution in [0, 0.1) is 6.92 Å². The number of amides is 1. The third-order valence-electron chi connectivity index (χ3n) is 5.05. The topological polar surface area (TPSA) is 36.4 Å². The summed E-state index contributed by atoms with van der Waals surface area (Å²) >= 11 is 1.48. The Morgan fingerprint density at radius 3 is 2.44 bits per heavy atom. The Morgan fingerprint density at radius 2 is 1.70 bits per heavy atom. The molecule has 0 aliphatic carbocycles. The Balaban J connectivity index is 1.36. The molecule has 1 aliphatic heterocycles. The Bertz CT molecular complexity index is 914. The fourth-order valence-electron chi connectivity index (χ4n) is 3.38. The molecule has 2 aromatic carbocycles. The molecule has 0 radical (unpaired) electrons. The number of thiazole rings is 1. The SMILES string of the molecule is Cc1ccccc1CN1CCN(C(=O)c2cnc(-c3ccccc3)s2)CC1. The highest BCUT2D eigenvalue weighted by molar-refractivity contribution is 7.16. The smallest absolute Gasteiger partial charge is 0.265 e. The number of piperazine rings is 1. The molecule has 4 rings (SSSR count). The van der Waals surface area contributed by atoms with Gasteiger partial charge in [0.05, 0.1) is 6.20 Å². The van der Waals surface area contributed by atoms with Crippen LogP contribution in [0.3, 0.4) is 0 Å². The van der Waals surface area contributed by atoms with Crippen molar-refractivity contribution in [3.05, 3.63) is 76.8 Å². The minimum absolute atomic E-state index is 0.102. The van der Waals surface area contributed by atoms with Crippen LogP contribution >= 0.6 is 11.3 Å². The van der Waals surface area contributed by atoms with Gasteiger partial charge in [-0.2, -0.15) is 0 Å². The lowest BCUT2D eigenvalue weighted by Crippen LogP contribution is -2.48. The minimum Gasteiger partial charge on any atom is -0.335 e. The monoisotopic (exact) mass is 377 g/mol. The van der Waals surface area contributed by atoms with E-state index >= 15 is 0 Å². The molecule has 0 N–H and O–H groups in total. The molecule has 4 nitrogen and oxygen atoms in total. The van der Waals surface area contributed by atoms with Crippen molar-refractivity contribution in [2.75, 3.05) is 26.2 Å². The van der Waals surface area contributed by atoms with Gasteiger partial charge in [-0.1, -0.05) is 54.6 Å². The highest BCUT2D eigenvalue weighted by Gasteiger charge is 2.24. The predicted octanol–water partition coefficient (Wildman–Crippen LogP) is 4.08. The summed E-state index contributed by atoms with van der Waals surface area (Å²) in [7, 11) is 0. The van der Waals surface area contributed by atoms with E-state index in [2.05, 4.69) is 41.1 Å². The second-order valence-electron chi connectivity index (χ2n) is 6.89. The first-order valence-corrected chi connectivity index (χ1v) is 10.1. The largest absolute Gasteiger partial charge is 0.335 e. The predicted molar refractivity (Wildman–Crippen MR) is 110 cm³/mol. The molecule has 1 amide bonds. The zero-order valence-electron chi connectivity index (χ0n) is 15.5. The highest BCUT2D eigenvalue weighted by Crippen LogP contribution is 2.26. The van der Waals surface area contributed by atoms with Gasteiger partial charge in [-0.15, -0.1) is 11.3 Å². The molecule has 3 aromatic rings. The molecule has 1 saturated heterocycles. The van der Waals surface area contributed by atoms with E-state index in [9.17, 15) is 4.79 Å². The Labute approximate surface area is 164 Å². The number of carbonyl (C=O) groups excluding carboxylic acids is 1. The third kappa shape index (κ3) is 4.10. The lowest BCUT2D eigenvalue weighted by atomic mass is 10.1. The summed E-state index contributed by atoms with van der Waals surface area (Å²) in [6.45, 7) is 6.46. The van der Waals surface area contributed by atoms with Crippen molar-refractivity contribution in [3.8, 4) is 10.6 Å². The number of rotatable bonds is 4. The summed E-state index contributed by atoms with van der Waals surface area (Å²) in [6, 6.07) is 18.5. The average molecular weight is 378 g/mol. The molecule has 138 valence electrons. The Hall–Kier alpha value is -2.50. The van der Waals surface area contributed by atoms with Crippen LogP contribution in [0.4, 0.5) is 0 Å². The summed E-state index contributed by atoms with van der Waals surface area (Å²) in [4.78, 5) is 22.4. The number of hydrogen-bond donors (Lipinski definition) is 0. The second-order valence-corrected chi connectivity index (χ2v) is 7.92. The summed E-state index contributed by atoms with van der Waals surface area (Å²) in [5, 5.41) is 0.900. The second kappa shape index (κ2) is 8.03. The molecule has 0 saturated carbocycles. The van der Waals surface area contributed by atoms with E-state index in [-0.39, 0.29) is 5.91 Å². The zero-order chi connectivity index (χ0) is 18.6. The third-order valence-corrected chi connectivity index (χ3v) is 6.09. The molecular weight excluding hydrogens is 354 g/mol. The van der Waals surface area contributed by atoms with Gasteiger partial charge >= 0.3 is 0 Å². The van der Waals surface area contributed by atoms with Crippen LogP contribution < -0.4 is 0 Å². The van der Waals surface area contributed by atoms with Gasteiger partial charge in [-0.3, -0.25) is 9.69 Å². The summed E-state index contributed by atoms with van der Waals surface area (Å²) < 4.78 is 0. The standard InChI is InChI=1S/C22H23N3OS/c1-17-7-5-6-10-19(17)16-24-11-13-25(14-12-24)22(26)20-15-23-21(27-20)18-8-3-2-4-9-18/h2-10,15H,11-14,16H2,1H3. The Kier molecular flexibility index (Phi) is 5.32. The molecule has 5 heteroatoms. The molecule has 0 atom stereocenters. The van der Waals surface area contributed by atoms with E-state index in [1.54, 1.807) is 6.20 Å². The summed E-state index contributed by atoms with van der Waals surface area (Å²) in [5.41, 5.74) is 3.76. The maximum atomic E-state index is 12.8. The molecule has 27 heavy (non-hydrogen) atoms. The van der Waals surface area contributed by atoms with Crippen molar-refractivity contribution >= 4 is 17.2 Å². The van der Waals surface area contributed by atoms with Crippen molar-refractivity contribution in [1.82, 2.24) is 14.8 Å². The number of carbonyl (C=O) groups is 1. The maximum Gasteiger partial charge on any atom is 0.265 e. The molecule has 0 spiro atoms.